The van der Waals surface area contributed by atoms with E-state index in [2.05, 4.69) is 26.0 Å². The molecule has 41 heavy (non-hydrogen) atoms. The largest absolute Gasteiger partial charge is 0.393 e. The number of aliphatic hydroxyl groups is 3. The van der Waals surface area contributed by atoms with Gasteiger partial charge in [-0.15, -0.1) is 0 Å². The molecule has 0 aromatic rings. The molecule has 0 aromatic carbocycles. The SMILES string of the molecule is CCCCCCCC/C=C\CCCCCC(CCCCCCCCCCCCCCCC)CC(=O)C(O)(CO)CO. The maximum absolute atomic E-state index is 12.6. The molecular weight excluding hydrogens is 508 g/mol. The van der Waals surface area contributed by atoms with Crippen molar-refractivity contribution in [3.05, 3.63) is 12.2 Å². The van der Waals surface area contributed by atoms with E-state index in [-0.39, 0.29) is 12.3 Å². The first-order chi connectivity index (χ1) is 20.0. The monoisotopic (exact) mass is 581 g/mol. The second-order valence-corrected chi connectivity index (χ2v) is 12.9. The van der Waals surface area contributed by atoms with E-state index in [1.165, 1.54) is 135 Å². The van der Waals surface area contributed by atoms with E-state index in [0.717, 1.165) is 38.5 Å². The van der Waals surface area contributed by atoms with E-state index in [9.17, 15) is 20.1 Å². The predicted molar refractivity (Wildman–Crippen MR) is 177 cm³/mol. The molecule has 0 spiro atoms. The summed E-state index contributed by atoms with van der Waals surface area (Å²) < 4.78 is 0. The summed E-state index contributed by atoms with van der Waals surface area (Å²) in [6, 6.07) is 0. The highest BCUT2D eigenvalue weighted by atomic mass is 16.4. The first-order valence-electron chi connectivity index (χ1n) is 18.2. The average Bonchev–Trinajstić information content (AvgIpc) is 2.98. The Hall–Kier alpha value is -0.710. The van der Waals surface area contributed by atoms with Crippen molar-refractivity contribution in [2.75, 3.05) is 13.2 Å². The van der Waals surface area contributed by atoms with E-state index in [1.807, 2.05) is 0 Å². The van der Waals surface area contributed by atoms with Crippen LogP contribution < -0.4 is 0 Å². The molecule has 0 rings (SSSR count). The maximum atomic E-state index is 12.6. The van der Waals surface area contributed by atoms with Crippen molar-refractivity contribution in [2.24, 2.45) is 5.92 Å². The van der Waals surface area contributed by atoms with Crippen molar-refractivity contribution in [3.63, 3.8) is 0 Å². The first kappa shape index (κ1) is 40.3. The number of carbonyl (C=O) groups excluding carboxylic acids is 1. The number of aliphatic hydroxyl groups excluding tert-OH is 2. The number of carbonyl (C=O) groups is 1. The lowest BCUT2D eigenvalue weighted by molar-refractivity contribution is -0.147. The molecule has 0 heterocycles. The molecule has 1 unspecified atom stereocenters. The summed E-state index contributed by atoms with van der Waals surface area (Å²) in [5.41, 5.74) is -1.99. The lowest BCUT2D eigenvalue weighted by Crippen LogP contribution is -2.46. The molecule has 0 radical (unpaired) electrons. The summed E-state index contributed by atoms with van der Waals surface area (Å²) in [4.78, 5) is 12.6. The summed E-state index contributed by atoms with van der Waals surface area (Å²) in [6.45, 7) is 3.12. The van der Waals surface area contributed by atoms with Gasteiger partial charge in [0.2, 0.25) is 0 Å². The number of Topliss-reactive ketones (excluding diaryl/α,β-unsaturated/α-hetero) is 1. The third-order valence-corrected chi connectivity index (χ3v) is 8.86. The van der Waals surface area contributed by atoms with Crippen molar-refractivity contribution in [1.29, 1.82) is 0 Å². The zero-order valence-electron chi connectivity index (χ0n) is 27.7. The molecule has 0 aliphatic rings. The van der Waals surface area contributed by atoms with Gasteiger partial charge in [-0.2, -0.15) is 0 Å². The zero-order valence-corrected chi connectivity index (χ0v) is 27.7. The normalized spacial score (nSPS) is 12.9. The third-order valence-electron chi connectivity index (χ3n) is 8.86. The molecule has 0 bridgehead atoms. The second kappa shape index (κ2) is 30.7. The van der Waals surface area contributed by atoms with E-state index in [0.29, 0.717) is 0 Å². The molecule has 4 heteroatoms. The molecule has 4 nitrogen and oxygen atoms in total. The summed E-state index contributed by atoms with van der Waals surface area (Å²) in [7, 11) is 0. The highest BCUT2D eigenvalue weighted by Crippen LogP contribution is 2.25. The minimum absolute atomic E-state index is 0.229. The number of unbranched alkanes of at least 4 members (excludes halogenated alkanes) is 22. The van der Waals surface area contributed by atoms with Crippen LogP contribution in [0.5, 0.6) is 0 Å². The molecule has 1 atom stereocenters. The topological polar surface area (TPSA) is 77.8 Å². The van der Waals surface area contributed by atoms with Crippen molar-refractivity contribution in [1.82, 2.24) is 0 Å². The summed E-state index contributed by atoms with van der Waals surface area (Å²) in [5.74, 6) is -0.178. The first-order valence-corrected chi connectivity index (χ1v) is 18.2. The van der Waals surface area contributed by atoms with Gasteiger partial charge < -0.3 is 15.3 Å². The van der Waals surface area contributed by atoms with Crippen LogP contribution in [-0.4, -0.2) is 39.9 Å². The van der Waals surface area contributed by atoms with Crippen LogP contribution in [0.1, 0.15) is 194 Å². The number of rotatable bonds is 33. The quantitative estimate of drug-likeness (QED) is 0.0533. The molecule has 0 fully saturated rings. The van der Waals surface area contributed by atoms with Crippen LogP contribution in [0.3, 0.4) is 0 Å². The van der Waals surface area contributed by atoms with Gasteiger partial charge in [0.15, 0.2) is 11.4 Å². The maximum Gasteiger partial charge on any atom is 0.169 e. The molecule has 244 valence electrons. The van der Waals surface area contributed by atoms with Gasteiger partial charge in [0.1, 0.15) is 0 Å². The van der Waals surface area contributed by atoms with Crippen LogP contribution in [0, 0.1) is 5.92 Å². The fourth-order valence-corrected chi connectivity index (χ4v) is 5.80. The van der Waals surface area contributed by atoms with Crippen molar-refractivity contribution < 1.29 is 20.1 Å². The van der Waals surface area contributed by atoms with Gasteiger partial charge in [0.05, 0.1) is 13.2 Å². The van der Waals surface area contributed by atoms with Crippen LogP contribution >= 0.6 is 0 Å². The van der Waals surface area contributed by atoms with Gasteiger partial charge in [-0.05, 0) is 31.6 Å². The minimum Gasteiger partial charge on any atom is -0.393 e. The van der Waals surface area contributed by atoms with E-state index in [4.69, 9.17) is 0 Å². The molecule has 0 saturated heterocycles. The highest BCUT2D eigenvalue weighted by Gasteiger charge is 2.35. The average molecular weight is 581 g/mol. The van der Waals surface area contributed by atoms with E-state index >= 15 is 0 Å². The lowest BCUT2D eigenvalue weighted by Gasteiger charge is -2.25. The zero-order chi connectivity index (χ0) is 30.3. The van der Waals surface area contributed by atoms with E-state index in [1.54, 1.807) is 0 Å². The van der Waals surface area contributed by atoms with Gasteiger partial charge in [-0.3, -0.25) is 4.79 Å². The summed E-state index contributed by atoms with van der Waals surface area (Å²) in [6.07, 6.45) is 39.5. The van der Waals surface area contributed by atoms with Gasteiger partial charge in [-0.25, -0.2) is 0 Å². The fourth-order valence-electron chi connectivity index (χ4n) is 5.80. The van der Waals surface area contributed by atoms with Gasteiger partial charge in [0, 0.05) is 6.42 Å². The fraction of sp³-hybridized carbons (Fsp3) is 0.919. The summed E-state index contributed by atoms with van der Waals surface area (Å²) >= 11 is 0. The van der Waals surface area contributed by atoms with Gasteiger partial charge in [0.25, 0.3) is 0 Å². The number of hydrogen-bond acceptors (Lipinski definition) is 4. The van der Waals surface area contributed by atoms with Crippen LogP contribution in [0.15, 0.2) is 12.2 Å². The Morgan fingerprint density at radius 1 is 0.537 bits per heavy atom. The van der Waals surface area contributed by atoms with Crippen molar-refractivity contribution in [2.45, 2.75) is 199 Å². The van der Waals surface area contributed by atoms with Crippen molar-refractivity contribution >= 4 is 5.78 Å². The Balaban J connectivity index is 4.09. The molecular formula is C37H72O4. The van der Waals surface area contributed by atoms with Crippen LogP contribution in [-0.2, 0) is 4.79 Å². The second-order valence-electron chi connectivity index (χ2n) is 12.9. The number of allylic oxidation sites excluding steroid dienone is 2. The van der Waals surface area contributed by atoms with Crippen LogP contribution in [0.2, 0.25) is 0 Å². The predicted octanol–water partition coefficient (Wildman–Crippen LogP) is 10.4. The number of ketones is 1. The Morgan fingerprint density at radius 3 is 1.22 bits per heavy atom. The molecule has 0 aromatic heterocycles. The van der Waals surface area contributed by atoms with Crippen molar-refractivity contribution in [3.8, 4) is 0 Å². The Morgan fingerprint density at radius 2 is 0.854 bits per heavy atom. The molecule has 3 N–H and O–H groups in total. The molecule has 0 saturated carbocycles. The lowest BCUT2D eigenvalue weighted by atomic mass is 9.85. The van der Waals surface area contributed by atoms with Crippen LogP contribution in [0.4, 0.5) is 0 Å². The Kier molecular flexibility index (Phi) is 30.2. The highest BCUT2D eigenvalue weighted by molar-refractivity contribution is 5.87. The smallest absolute Gasteiger partial charge is 0.169 e. The minimum atomic E-state index is -1.99. The number of hydrogen-bond donors (Lipinski definition) is 3. The third kappa shape index (κ3) is 25.5. The molecule has 0 aliphatic carbocycles. The molecule has 0 amide bonds. The van der Waals surface area contributed by atoms with Gasteiger partial charge in [-0.1, -0.05) is 174 Å². The Bertz CT molecular complexity index is 569. The Labute approximate surface area is 256 Å². The summed E-state index contributed by atoms with van der Waals surface area (Å²) in [5, 5.41) is 29.1. The standard InChI is InChI=1S/C37H72O4/c1-3-5-7-9-11-13-15-17-19-21-23-25-27-29-31-35(32-36(40)37(41,33-38)34-39)30-28-26-24-22-20-18-16-14-12-10-8-6-4-2/h18,20,35,38-39,41H,3-17,19,21-34H2,1-2H3/b20-18-. The van der Waals surface area contributed by atoms with E-state index < -0.39 is 24.6 Å². The molecule has 0 aliphatic heterocycles. The van der Waals surface area contributed by atoms with Gasteiger partial charge >= 0.3 is 0 Å². The van der Waals surface area contributed by atoms with Crippen LogP contribution in [0.25, 0.3) is 0 Å².